The number of halogens is 1. The van der Waals surface area contributed by atoms with E-state index >= 15 is 0 Å². The number of fused-ring (bicyclic) bond motifs is 1. The maximum atomic E-state index is 12.3. The third kappa shape index (κ3) is 1.95. The minimum absolute atomic E-state index is 0.174. The summed E-state index contributed by atoms with van der Waals surface area (Å²) in [6, 6.07) is 13.9. The van der Waals surface area contributed by atoms with Gasteiger partial charge in [-0.3, -0.25) is 0 Å². The molecule has 3 rings (SSSR count). The fourth-order valence-corrected chi connectivity index (χ4v) is 2.07. The molecule has 2 aromatic carbocycles. The average molecular weight is 260 g/mol. The molecule has 1 N–H and O–H groups in total. The van der Waals surface area contributed by atoms with E-state index < -0.39 is 0 Å². The second-order valence-corrected chi connectivity index (χ2v) is 4.56. The van der Waals surface area contributed by atoms with Crippen LogP contribution in [0.3, 0.4) is 0 Å². The van der Waals surface area contributed by atoms with Gasteiger partial charge in [-0.15, -0.1) is 0 Å². The van der Waals surface area contributed by atoms with Crippen molar-refractivity contribution >= 4 is 23.1 Å². The molecule has 0 radical (unpaired) electrons. The zero-order chi connectivity index (χ0) is 12.5. The van der Waals surface area contributed by atoms with Crippen molar-refractivity contribution in [2.24, 2.45) is 0 Å². The third-order valence-corrected chi connectivity index (χ3v) is 3.18. The molecule has 0 saturated carbocycles. The Morgan fingerprint density at radius 3 is 2.50 bits per heavy atom. The smallest absolute Gasteiger partial charge is 0.138 e. The lowest BCUT2D eigenvalue weighted by Gasteiger charge is -1.97. The molecule has 0 aliphatic carbocycles. The fraction of sp³-hybridized carbons (Fsp3) is 0. The van der Waals surface area contributed by atoms with E-state index in [1.807, 2.05) is 6.07 Å². The van der Waals surface area contributed by atoms with Gasteiger partial charge in [0.05, 0.1) is 12.1 Å². The number of hydrogen-bond donors (Lipinski definition) is 1. The number of phenols is 1. The predicted octanol–water partition coefficient (Wildman–Crippen LogP) is 4.78. The quantitative estimate of drug-likeness (QED) is 0.719. The first-order chi connectivity index (χ1) is 8.76. The Morgan fingerprint density at radius 1 is 1.00 bits per heavy atom. The summed E-state index contributed by atoms with van der Waals surface area (Å²) < 4.78 is 18.0. The van der Waals surface area contributed by atoms with Crippen LogP contribution < -0.4 is 0 Å². The van der Waals surface area contributed by atoms with Crippen molar-refractivity contribution in [3.05, 3.63) is 48.5 Å². The van der Waals surface area contributed by atoms with Gasteiger partial charge in [-0.05, 0) is 30.3 Å². The van der Waals surface area contributed by atoms with E-state index in [0.717, 1.165) is 10.9 Å². The highest BCUT2D eigenvalue weighted by Crippen LogP contribution is 2.31. The number of benzene rings is 2. The Balaban J connectivity index is 2.07. The molecule has 4 heteroatoms. The molecule has 0 aliphatic heterocycles. The standard InChI is InChI=1S/C14H9FO2S/c15-18-12-5-2-9(3-6-12)13-7-10-1-4-11(16)8-14(10)17-13/h1-8,16H. The van der Waals surface area contributed by atoms with Gasteiger partial charge in [0, 0.05) is 21.9 Å². The minimum atomic E-state index is 0.174. The van der Waals surface area contributed by atoms with Crippen molar-refractivity contribution in [1.29, 1.82) is 0 Å². The van der Waals surface area contributed by atoms with Crippen molar-refractivity contribution in [3.63, 3.8) is 0 Å². The van der Waals surface area contributed by atoms with E-state index in [1.165, 1.54) is 0 Å². The molecular formula is C14H9FO2S. The number of rotatable bonds is 2. The zero-order valence-corrected chi connectivity index (χ0v) is 10.1. The van der Waals surface area contributed by atoms with Crippen LogP contribution >= 0.6 is 12.1 Å². The van der Waals surface area contributed by atoms with E-state index in [-0.39, 0.29) is 17.9 Å². The summed E-state index contributed by atoms with van der Waals surface area (Å²) >= 11 is 0.216. The largest absolute Gasteiger partial charge is 0.508 e. The lowest BCUT2D eigenvalue weighted by Crippen LogP contribution is -1.73. The van der Waals surface area contributed by atoms with E-state index in [1.54, 1.807) is 42.5 Å². The first kappa shape index (κ1) is 11.2. The summed E-state index contributed by atoms with van der Waals surface area (Å²) in [7, 11) is 0. The van der Waals surface area contributed by atoms with Crippen molar-refractivity contribution in [2.45, 2.75) is 4.90 Å². The molecule has 18 heavy (non-hydrogen) atoms. The highest BCUT2D eigenvalue weighted by Gasteiger charge is 2.07. The van der Waals surface area contributed by atoms with Crippen LogP contribution in [0.1, 0.15) is 0 Å². The monoisotopic (exact) mass is 260 g/mol. The van der Waals surface area contributed by atoms with Crippen LogP contribution in [-0.2, 0) is 0 Å². The topological polar surface area (TPSA) is 33.4 Å². The molecule has 0 atom stereocenters. The summed E-state index contributed by atoms with van der Waals surface area (Å²) in [6.07, 6.45) is 0. The van der Waals surface area contributed by atoms with Crippen molar-refractivity contribution in [1.82, 2.24) is 0 Å². The normalized spacial score (nSPS) is 10.9. The Bertz CT molecular complexity index is 689. The number of hydrogen-bond acceptors (Lipinski definition) is 3. The van der Waals surface area contributed by atoms with Crippen molar-refractivity contribution in [3.8, 4) is 17.1 Å². The maximum Gasteiger partial charge on any atom is 0.138 e. The zero-order valence-electron chi connectivity index (χ0n) is 9.26. The molecule has 2 nitrogen and oxygen atoms in total. The summed E-state index contributed by atoms with van der Waals surface area (Å²) in [6.45, 7) is 0. The molecule has 0 unspecified atom stereocenters. The second-order valence-electron chi connectivity index (χ2n) is 3.93. The maximum absolute atomic E-state index is 12.3. The molecule has 0 amide bonds. The Hall–Kier alpha value is -1.94. The summed E-state index contributed by atoms with van der Waals surface area (Å²) in [5.41, 5.74) is 1.51. The SMILES string of the molecule is Oc1ccc2cc(-c3ccc(SF)cc3)oc2c1. The lowest BCUT2D eigenvalue weighted by atomic mass is 10.1. The van der Waals surface area contributed by atoms with Crippen LogP contribution in [0.25, 0.3) is 22.3 Å². The molecular weight excluding hydrogens is 251 g/mol. The Kier molecular flexibility index (Phi) is 2.72. The molecule has 0 aliphatic rings. The molecule has 1 aromatic heterocycles. The number of phenolic OH excluding ortho intramolecular Hbond substituents is 1. The molecule has 0 saturated heterocycles. The van der Waals surface area contributed by atoms with E-state index in [2.05, 4.69) is 0 Å². The van der Waals surface area contributed by atoms with Crippen LogP contribution in [0.5, 0.6) is 5.75 Å². The van der Waals surface area contributed by atoms with Gasteiger partial charge in [0.2, 0.25) is 0 Å². The molecule has 0 spiro atoms. The van der Waals surface area contributed by atoms with Crippen LogP contribution in [0.2, 0.25) is 0 Å². The molecule has 0 bridgehead atoms. The van der Waals surface area contributed by atoms with Crippen LogP contribution in [0.15, 0.2) is 57.8 Å². The van der Waals surface area contributed by atoms with Crippen LogP contribution in [0.4, 0.5) is 3.89 Å². The van der Waals surface area contributed by atoms with Crippen LogP contribution in [0, 0.1) is 0 Å². The average Bonchev–Trinajstić information content (AvgIpc) is 2.81. The predicted molar refractivity (Wildman–Crippen MR) is 70.3 cm³/mol. The van der Waals surface area contributed by atoms with Gasteiger partial charge in [0.15, 0.2) is 0 Å². The van der Waals surface area contributed by atoms with E-state index in [0.29, 0.717) is 16.2 Å². The first-order valence-corrected chi connectivity index (χ1v) is 6.09. The van der Waals surface area contributed by atoms with Gasteiger partial charge >= 0.3 is 0 Å². The van der Waals surface area contributed by atoms with Crippen molar-refractivity contribution < 1.29 is 13.4 Å². The Morgan fingerprint density at radius 2 is 1.78 bits per heavy atom. The first-order valence-electron chi connectivity index (χ1n) is 5.38. The highest BCUT2D eigenvalue weighted by atomic mass is 32.2. The summed E-state index contributed by atoms with van der Waals surface area (Å²) in [5.74, 6) is 0.874. The highest BCUT2D eigenvalue weighted by molar-refractivity contribution is 7.94. The van der Waals surface area contributed by atoms with Gasteiger partial charge in [-0.2, -0.15) is 3.89 Å². The number of aromatic hydroxyl groups is 1. The minimum Gasteiger partial charge on any atom is -0.508 e. The van der Waals surface area contributed by atoms with Gasteiger partial charge in [0.25, 0.3) is 0 Å². The molecule has 0 fully saturated rings. The summed E-state index contributed by atoms with van der Waals surface area (Å²) in [5, 5.41) is 10.3. The summed E-state index contributed by atoms with van der Waals surface area (Å²) in [4.78, 5) is 0.563. The van der Waals surface area contributed by atoms with Gasteiger partial charge in [-0.1, -0.05) is 12.1 Å². The van der Waals surface area contributed by atoms with Gasteiger partial charge in [0.1, 0.15) is 17.1 Å². The lowest BCUT2D eigenvalue weighted by molar-refractivity contribution is 0.474. The van der Waals surface area contributed by atoms with Crippen molar-refractivity contribution in [2.75, 3.05) is 0 Å². The second kappa shape index (κ2) is 4.38. The Labute approximate surface area is 107 Å². The third-order valence-electron chi connectivity index (χ3n) is 2.73. The molecule has 1 heterocycles. The molecule has 90 valence electrons. The van der Waals surface area contributed by atoms with Crippen LogP contribution in [-0.4, -0.2) is 5.11 Å². The number of furan rings is 1. The van der Waals surface area contributed by atoms with E-state index in [4.69, 9.17) is 4.42 Å². The van der Waals surface area contributed by atoms with Gasteiger partial charge in [-0.25, -0.2) is 0 Å². The van der Waals surface area contributed by atoms with E-state index in [9.17, 15) is 8.99 Å². The molecule has 3 aromatic rings. The van der Waals surface area contributed by atoms with Gasteiger partial charge < -0.3 is 9.52 Å². The fourth-order valence-electron chi connectivity index (χ4n) is 1.83.